The molecule has 0 radical (unpaired) electrons. The summed E-state index contributed by atoms with van der Waals surface area (Å²) in [4.78, 5) is 36.4. The third kappa shape index (κ3) is 10.1. The van der Waals surface area contributed by atoms with Crippen molar-refractivity contribution in [2.24, 2.45) is 0 Å². The second-order valence-electron chi connectivity index (χ2n) is 15.1. The van der Waals surface area contributed by atoms with E-state index in [2.05, 4.69) is 36.8 Å². The van der Waals surface area contributed by atoms with E-state index in [9.17, 15) is 27.3 Å². The van der Waals surface area contributed by atoms with Crippen molar-refractivity contribution >= 4 is 49.2 Å². The molecule has 64 heavy (non-hydrogen) atoms. The number of aliphatic carboxylic acids is 1. The summed E-state index contributed by atoms with van der Waals surface area (Å²) in [5.41, 5.74) is 4.12. The minimum Gasteiger partial charge on any atom is -0.491 e. The molecule has 0 spiro atoms. The number of carboxylic acids is 1. The molecule has 7 aromatic rings. The lowest BCUT2D eigenvalue weighted by Crippen LogP contribution is -2.45. The molecule has 1 aliphatic rings. The maximum atomic E-state index is 14.2. The van der Waals surface area contributed by atoms with Gasteiger partial charge in [0.2, 0.25) is 12.0 Å². The van der Waals surface area contributed by atoms with Crippen molar-refractivity contribution in [1.82, 2.24) is 29.7 Å². The molecule has 0 bridgehead atoms. The minimum atomic E-state index is -4.44. The van der Waals surface area contributed by atoms with E-state index >= 15 is 0 Å². The molecule has 0 unspecified atom stereocenters. The number of piperazine rings is 1. The van der Waals surface area contributed by atoms with Gasteiger partial charge in [0.15, 0.2) is 5.82 Å². The first-order valence-corrected chi connectivity index (χ1v) is 22.8. The molecule has 1 fully saturated rings. The van der Waals surface area contributed by atoms with Crippen LogP contribution < -0.4 is 14.2 Å². The Morgan fingerprint density at radius 3 is 2.47 bits per heavy atom. The summed E-state index contributed by atoms with van der Waals surface area (Å²) in [6, 6.07) is 24.0. The number of likely N-dealkylation sites (N-methyl/N-ethyl adjacent to an activating group) is 1. The molecule has 1 atom stereocenters. The van der Waals surface area contributed by atoms with Crippen LogP contribution in [0.1, 0.15) is 16.8 Å². The van der Waals surface area contributed by atoms with Gasteiger partial charge < -0.3 is 24.2 Å². The van der Waals surface area contributed by atoms with Gasteiger partial charge >= 0.3 is 5.97 Å². The van der Waals surface area contributed by atoms with Gasteiger partial charge in [-0.05, 0) is 78.7 Å². The van der Waals surface area contributed by atoms with Crippen LogP contribution in [0, 0.1) is 12.7 Å². The monoisotopic (exact) mass is 924 g/mol. The molecule has 18 heteroatoms. The number of nitrogens with zero attached hydrogens (tertiary/aromatic N) is 6. The van der Waals surface area contributed by atoms with Gasteiger partial charge in [0, 0.05) is 61.3 Å². The standard InChI is InChI=1S/C46H42ClFN6O8S2/c1-28-35(14-15-37(41(28)47)60-23-22-54-20-18-53(2)19-21-54)39-40-44(50-27-51-45(40)63-42(39)29-10-12-32(48)13-11-29)62-38(46(55)56)25-30-6-3-4-9-36(30)61-26-33-16-17-49-43(52-33)31-7-5-8-34(24-31)64(57,58)59/h3-17,24,27,38H,18-23,25-26H2,1-2H3,(H,55,56)(H,57,58,59)/t38-/m1/s1. The number of para-hydroxylation sites is 1. The van der Waals surface area contributed by atoms with Crippen molar-refractivity contribution in [2.45, 2.75) is 31.0 Å². The molecular formula is C46H42ClFN6O8S2. The summed E-state index contributed by atoms with van der Waals surface area (Å²) >= 11 is 8.37. The molecule has 2 N–H and O–H groups in total. The van der Waals surface area contributed by atoms with E-state index in [-0.39, 0.29) is 29.6 Å². The fourth-order valence-corrected chi connectivity index (χ4v) is 9.24. The number of hydrogen-bond donors (Lipinski definition) is 2. The number of fused-ring (bicyclic) bond motifs is 1. The van der Waals surface area contributed by atoms with Crippen LogP contribution in [0.2, 0.25) is 5.02 Å². The van der Waals surface area contributed by atoms with Crippen LogP contribution in [0.25, 0.3) is 43.2 Å². The average Bonchev–Trinajstić information content (AvgIpc) is 3.68. The number of aromatic nitrogens is 4. The van der Waals surface area contributed by atoms with Gasteiger partial charge in [-0.25, -0.2) is 29.1 Å². The second-order valence-corrected chi connectivity index (χ2v) is 17.9. The quantitative estimate of drug-likeness (QED) is 0.0889. The maximum absolute atomic E-state index is 14.2. The molecule has 3 aromatic heterocycles. The first kappa shape index (κ1) is 44.5. The van der Waals surface area contributed by atoms with Crippen LogP contribution in [-0.2, 0) is 27.9 Å². The molecule has 14 nitrogen and oxygen atoms in total. The molecule has 0 aliphatic carbocycles. The molecule has 0 saturated carbocycles. The summed E-state index contributed by atoms with van der Waals surface area (Å²) in [7, 11) is -2.33. The van der Waals surface area contributed by atoms with E-state index in [4.69, 9.17) is 25.8 Å². The predicted molar refractivity (Wildman–Crippen MR) is 241 cm³/mol. The Morgan fingerprint density at radius 2 is 1.70 bits per heavy atom. The van der Waals surface area contributed by atoms with E-state index in [0.29, 0.717) is 72.4 Å². The molecule has 330 valence electrons. The van der Waals surface area contributed by atoms with E-state index < -0.39 is 28.0 Å². The predicted octanol–water partition coefficient (Wildman–Crippen LogP) is 8.11. The Morgan fingerprint density at radius 1 is 0.922 bits per heavy atom. The zero-order valence-corrected chi connectivity index (χ0v) is 37.0. The van der Waals surface area contributed by atoms with Gasteiger partial charge in [0.05, 0.1) is 21.0 Å². The van der Waals surface area contributed by atoms with Crippen molar-refractivity contribution in [3.8, 4) is 50.3 Å². The van der Waals surface area contributed by atoms with Crippen LogP contribution >= 0.6 is 22.9 Å². The summed E-state index contributed by atoms with van der Waals surface area (Å²) in [5, 5.41) is 11.5. The topological polar surface area (TPSA) is 177 Å². The van der Waals surface area contributed by atoms with Crippen LogP contribution in [-0.4, -0.2) is 106 Å². The van der Waals surface area contributed by atoms with Crippen LogP contribution in [0.3, 0.4) is 0 Å². The Balaban J connectivity index is 1.07. The van der Waals surface area contributed by atoms with E-state index in [1.807, 2.05) is 19.1 Å². The number of thiophene rings is 1. The Labute approximate surface area is 377 Å². The molecule has 4 heterocycles. The fourth-order valence-electron chi connectivity index (χ4n) is 7.35. The van der Waals surface area contributed by atoms with Crippen molar-refractivity contribution in [2.75, 3.05) is 46.4 Å². The Bertz CT molecular complexity index is 2930. The third-order valence-corrected chi connectivity index (χ3v) is 13.3. The zero-order chi connectivity index (χ0) is 45.0. The van der Waals surface area contributed by atoms with Crippen LogP contribution in [0.5, 0.6) is 17.4 Å². The number of hydrogen-bond acceptors (Lipinski definition) is 13. The zero-order valence-electron chi connectivity index (χ0n) is 34.6. The maximum Gasteiger partial charge on any atom is 0.345 e. The highest BCUT2D eigenvalue weighted by molar-refractivity contribution is 7.85. The second kappa shape index (κ2) is 19.3. The average molecular weight is 925 g/mol. The summed E-state index contributed by atoms with van der Waals surface area (Å²) in [6.07, 6.45) is 1.25. The number of benzene rings is 4. The SMILES string of the molecule is Cc1c(-c2c(-c3ccc(F)cc3)sc3ncnc(O[C@H](Cc4ccccc4OCc4ccnc(-c5cccc(S(=O)(=O)O)c5)n4)C(=O)O)c23)ccc(OCCN2CCN(C)CC2)c1Cl. The van der Waals surface area contributed by atoms with Crippen LogP contribution in [0.15, 0.2) is 108 Å². The molecule has 1 aliphatic heterocycles. The van der Waals surface area contributed by atoms with E-state index in [0.717, 1.165) is 37.6 Å². The van der Waals surface area contributed by atoms with Gasteiger partial charge in [0.25, 0.3) is 10.1 Å². The van der Waals surface area contributed by atoms with Crippen molar-refractivity contribution in [3.05, 3.63) is 131 Å². The van der Waals surface area contributed by atoms with Gasteiger partial charge in [-0.3, -0.25) is 9.45 Å². The summed E-state index contributed by atoms with van der Waals surface area (Å²) in [5.74, 6) is -0.488. The summed E-state index contributed by atoms with van der Waals surface area (Å²) in [6.45, 7) is 6.99. The number of carbonyl (C=O) groups is 1. The highest BCUT2D eigenvalue weighted by atomic mass is 35.5. The number of carboxylic acid groups (broad SMARTS) is 1. The first-order chi connectivity index (χ1) is 30.8. The van der Waals surface area contributed by atoms with Gasteiger partial charge in [-0.1, -0.05) is 60.1 Å². The normalized spacial score (nSPS) is 14.1. The number of halogens is 2. The molecule has 4 aromatic carbocycles. The lowest BCUT2D eigenvalue weighted by atomic mass is 9.96. The van der Waals surface area contributed by atoms with Crippen molar-refractivity contribution < 1.29 is 41.5 Å². The van der Waals surface area contributed by atoms with E-state index in [1.165, 1.54) is 54.2 Å². The minimum absolute atomic E-state index is 0.0324. The summed E-state index contributed by atoms with van der Waals surface area (Å²) < 4.78 is 65.9. The van der Waals surface area contributed by atoms with Crippen molar-refractivity contribution in [1.29, 1.82) is 0 Å². The van der Waals surface area contributed by atoms with E-state index in [1.54, 1.807) is 48.5 Å². The van der Waals surface area contributed by atoms with Gasteiger partial charge in [-0.15, -0.1) is 11.3 Å². The number of rotatable bonds is 16. The largest absolute Gasteiger partial charge is 0.491 e. The molecule has 1 saturated heterocycles. The van der Waals surface area contributed by atoms with Crippen molar-refractivity contribution in [3.63, 3.8) is 0 Å². The number of ether oxygens (including phenoxy) is 3. The molecule has 0 amide bonds. The lowest BCUT2D eigenvalue weighted by molar-refractivity contribution is -0.145. The third-order valence-electron chi connectivity index (χ3n) is 10.8. The smallest absolute Gasteiger partial charge is 0.345 e. The molecular weight excluding hydrogens is 883 g/mol. The fraction of sp³-hybridized carbons (Fsp3) is 0.239. The Kier molecular flexibility index (Phi) is 13.5. The lowest BCUT2D eigenvalue weighted by Gasteiger charge is -2.32. The highest BCUT2D eigenvalue weighted by Gasteiger charge is 2.28. The van der Waals surface area contributed by atoms with Crippen LogP contribution in [0.4, 0.5) is 4.39 Å². The first-order valence-electron chi connectivity index (χ1n) is 20.2. The van der Waals surface area contributed by atoms with Gasteiger partial charge in [0.1, 0.15) is 41.7 Å². The highest BCUT2D eigenvalue weighted by Crippen LogP contribution is 2.49. The Hall–Kier alpha value is -6.08. The van der Waals surface area contributed by atoms with Gasteiger partial charge in [-0.2, -0.15) is 8.42 Å². The molecule has 8 rings (SSSR count).